The largest absolute Gasteiger partial charge is 0.350 e. The molecule has 0 bridgehead atoms. The van der Waals surface area contributed by atoms with E-state index in [0.717, 1.165) is 48.9 Å². The summed E-state index contributed by atoms with van der Waals surface area (Å²) in [6.07, 6.45) is 8.22. The van der Waals surface area contributed by atoms with E-state index in [1.807, 2.05) is 30.1 Å². The van der Waals surface area contributed by atoms with E-state index in [1.165, 1.54) is 12.0 Å². The standard InChI is InChI=1S/C22H30N6O3.C6H12/c1-26-18-10-9-16(14-17(18)24-25-26)15-23-22(31)19-6-5-13-28(19)21(30)8-4-7-20(29)27-11-2-3-12-27;1-4-6(3)5-2/h9-10,14,19H,2-8,11-13,15H2,1H3,(H,23,31);4H,5H2,1-3H3/b;6-4-/t19-;/m0./s1. The topological polar surface area (TPSA) is 100 Å². The second kappa shape index (κ2) is 13.9. The van der Waals surface area contributed by atoms with Crippen LogP contribution in [0.25, 0.3) is 11.0 Å². The minimum Gasteiger partial charge on any atom is -0.350 e. The van der Waals surface area contributed by atoms with Gasteiger partial charge in [0.15, 0.2) is 0 Å². The SMILES string of the molecule is C/C=C(/C)CC.Cn1nnc2cc(CNC(=O)[C@@H]3CCCN3C(=O)CCCC(=O)N3CCCC3)ccc21. The zero-order valence-electron chi connectivity index (χ0n) is 22.8. The molecule has 1 N–H and O–H groups in total. The van der Waals surface area contributed by atoms with E-state index in [0.29, 0.717) is 38.8 Å². The summed E-state index contributed by atoms with van der Waals surface area (Å²) in [5, 5.41) is 11.1. The molecule has 9 nitrogen and oxygen atoms in total. The summed E-state index contributed by atoms with van der Waals surface area (Å²) in [4.78, 5) is 41.2. The number of hydrogen-bond donors (Lipinski definition) is 1. The molecule has 9 heteroatoms. The Balaban J connectivity index is 0.000000568. The number of carbonyl (C=O) groups is 3. The molecule has 202 valence electrons. The number of fused-ring (bicyclic) bond motifs is 1. The molecule has 0 spiro atoms. The van der Waals surface area contributed by atoms with E-state index in [4.69, 9.17) is 0 Å². The Hall–Kier alpha value is -3.23. The van der Waals surface area contributed by atoms with Crippen molar-refractivity contribution in [2.75, 3.05) is 19.6 Å². The van der Waals surface area contributed by atoms with Crippen LogP contribution in [-0.2, 0) is 28.0 Å². The van der Waals surface area contributed by atoms with E-state index in [2.05, 4.69) is 42.5 Å². The number of nitrogens with zero attached hydrogens (tertiary/aromatic N) is 5. The van der Waals surface area contributed by atoms with Gasteiger partial charge in [-0.25, -0.2) is 4.68 Å². The second-order valence-electron chi connectivity index (χ2n) is 9.93. The van der Waals surface area contributed by atoms with Crippen molar-refractivity contribution in [1.82, 2.24) is 30.1 Å². The molecule has 2 aromatic rings. The third-order valence-electron chi connectivity index (χ3n) is 7.31. The van der Waals surface area contributed by atoms with Crippen LogP contribution in [-0.4, -0.2) is 68.2 Å². The molecular weight excluding hydrogens is 468 g/mol. The Morgan fingerprint density at radius 3 is 2.49 bits per heavy atom. The fourth-order valence-electron chi connectivity index (χ4n) is 4.70. The number of nitrogens with one attached hydrogen (secondary N) is 1. The van der Waals surface area contributed by atoms with Gasteiger partial charge in [-0.15, -0.1) is 5.10 Å². The number of rotatable bonds is 8. The fourth-order valence-corrected chi connectivity index (χ4v) is 4.70. The van der Waals surface area contributed by atoms with Crippen molar-refractivity contribution in [1.29, 1.82) is 0 Å². The number of amides is 3. The quantitative estimate of drug-likeness (QED) is 0.546. The average Bonchev–Trinajstić information content (AvgIpc) is 3.68. The molecule has 3 heterocycles. The molecule has 4 rings (SSSR count). The van der Waals surface area contributed by atoms with Crippen LogP contribution in [0.3, 0.4) is 0 Å². The Morgan fingerprint density at radius 2 is 1.81 bits per heavy atom. The smallest absolute Gasteiger partial charge is 0.243 e. The summed E-state index contributed by atoms with van der Waals surface area (Å²) in [6, 6.07) is 5.37. The number of aromatic nitrogens is 3. The first-order chi connectivity index (χ1) is 17.8. The van der Waals surface area contributed by atoms with Crippen molar-refractivity contribution >= 4 is 28.8 Å². The van der Waals surface area contributed by atoms with Crippen molar-refractivity contribution in [3.63, 3.8) is 0 Å². The van der Waals surface area contributed by atoms with Gasteiger partial charge in [0, 0.05) is 46.1 Å². The van der Waals surface area contributed by atoms with Crippen LogP contribution >= 0.6 is 0 Å². The summed E-state index contributed by atoms with van der Waals surface area (Å²) >= 11 is 0. The molecule has 3 amide bonds. The number of aryl methyl sites for hydroxylation is 1. The lowest BCUT2D eigenvalue weighted by Gasteiger charge is -2.24. The van der Waals surface area contributed by atoms with E-state index in [9.17, 15) is 14.4 Å². The van der Waals surface area contributed by atoms with Gasteiger partial charge in [0.2, 0.25) is 17.7 Å². The molecule has 2 aliphatic rings. The maximum atomic E-state index is 12.8. The maximum Gasteiger partial charge on any atom is 0.243 e. The van der Waals surface area contributed by atoms with E-state index >= 15 is 0 Å². The van der Waals surface area contributed by atoms with Gasteiger partial charge in [0.25, 0.3) is 0 Å². The van der Waals surface area contributed by atoms with Gasteiger partial charge in [-0.1, -0.05) is 29.9 Å². The highest BCUT2D eigenvalue weighted by Gasteiger charge is 2.33. The van der Waals surface area contributed by atoms with Crippen molar-refractivity contribution in [3.8, 4) is 0 Å². The Labute approximate surface area is 220 Å². The average molecular weight is 511 g/mol. The van der Waals surface area contributed by atoms with Gasteiger partial charge in [-0.05, 0) is 70.1 Å². The summed E-state index contributed by atoms with van der Waals surface area (Å²) < 4.78 is 1.71. The summed E-state index contributed by atoms with van der Waals surface area (Å²) in [7, 11) is 1.84. The van der Waals surface area contributed by atoms with Crippen molar-refractivity contribution in [2.24, 2.45) is 7.05 Å². The summed E-state index contributed by atoms with van der Waals surface area (Å²) in [5.74, 6) is -0.0211. The summed E-state index contributed by atoms with van der Waals surface area (Å²) in [5.41, 5.74) is 4.13. The number of likely N-dealkylation sites (tertiary alicyclic amines) is 2. The normalized spacial score (nSPS) is 17.6. The predicted molar refractivity (Wildman–Crippen MR) is 144 cm³/mol. The van der Waals surface area contributed by atoms with Crippen LogP contribution in [0.4, 0.5) is 0 Å². The highest BCUT2D eigenvalue weighted by Crippen LogP contribution is 2.20. The molecule has 1 aromatic carbocycles. The molecule has 0 radical (unpaired) electrons. The maximum absolute atomic E-state index is 12.8. The first kappa shape index (κ1) is 28.3. The molecule has 37 heavy (non-hydrogen) atoms. The van der Waals surface area contributed by atoms with Gasteiger partial charge in [0.05, 0.1) is 5.52 Å². The third kappa shape index (κ3) is 7.87. The monoisotopic (exact) mass is 510 g/mol. The lowest BCUT2D eigenvalue weighted by Crippen LogP contribution is -2.45. The zero-order valence-corrected chi connectivity index (χ0v) is 22.8. The zero-order chi connectivity index (χ0) is 26.8. The molecule has 0 aliphatic carbocycles. The Morgan fingerprint density at radius 1 is 1.08 bits per heavy atom. The molecule has 0 saturated carbocycles. The summed E-state index contributed by atoms with van der Waals surface area (Å²) in [6.45, 7) is 9.03. The van der Waals surface area contributed by atoms with Crippen molar-refractivity contribution < 1.29 is 14.4 Å². The molecule has 1 aromatic heterocycles. The molecule has 2 aliphatic heterocycles. The highest BCUT2D eigenvalue weighted by molar-refractivity contribution is 5.88. The Kier molecular flexibility index (Phi) is 10.7. The fraction of sp³-hybridized carbons (Fsp3) is 0.607. The van der Waals surface area contributed by atoms with Crippen LogP contribution in [0.5, 0.6) is 0 Å². The van der Waals surface area contributed by atoms with Crippen molar-refractivity contribution in [3.05, 3.63) is 35.4 Å². The molecule has 1 atom stereocenters. The molecular formula is C28H42N6O3. The van der Waals surface area contributed by atoms with Gasteiger partial charge >= 0.3 is 0 Å². The molecule has 2 saturated heterocycles. The van der Waals surface area contributed by atoms with E-state index in [1.54, 1.807) is 9.58 Å². The van der Waals surface area contributed by atoms with Crippen LogP contribution < -0.4 is 5.32 Å². The first-order valence-corrected chi connectivity index (χ1v) is 13.6. The van der Waals surface area contributed by atoms with Crippen LogP contribution in [0.1, 0.15) is 77.7 Å². The van der Waals surface area contributed by atoms with Gasteiger partial charge in [-0.2, -0.15) is 0 Å². The lowest BCUT2D eigenvalue weighted by molar-refractivity contribution is -0.138. The van der Waals surface area contributed by atoms with Gasteiger partial charge < -0.3 is 15.1 Å². The third-order valence-corrected chi connectivity index (χ3v) is 7.31. The Bertz CT molecular complexity index is 1100. The number of carbonyl (C=O) groups excluding carboxylic acids is 3. The lowest BCUT2D eigenvalue weighted by atomic mass is 10.1. The van der Waals surface area contributed by atoms with Crippen LogP contribution in [0.2, 0.25) is 0 Å². The highest BCUT2D eigenvalue weighted by atomic mass is 16.2. The minimum atomic E-state index is -0.429. The van der Waals surface area contributed by atoms with Crippen molar-refractivity contribution in [2.45, 2.75) is 84.7 Å². The predicted octanol–water partition coefficient (Wildman–Crippen LogP) is 3.73. The first-order valence-electron chi connectivity index (χ1n) is 13.6. The number of allylic oxidation sites excluding steroid dienone is 2. The van der Waals surface area contributed by atoms with Gasteiger partial charge in [0.1, 0.15) is 11.6 Å². The van der Waals surface area contributed by atoms with Crippen LogP contribution in [0, 0.1) is 0 Å². The minimum absolute atomic E-state index is 0.0344. The molecule has 0 unspecified atom stereocenters. The number of benzene rings is 1. The molecule has 2 fully saturated rings. The van der Waals surface area contributed by atoms with Crippen LogP contribution in [0.15, 0.2) is 29.8 Å². The second-order valence-corrected chi connectivity index (χ2v) is 9.93. The van der Waals surface area contributed by atoms with E-state index < -0.39 is 6.04 Å². The van der Waals surface area contributed by atoms with E-state index in [-0.39, 0.29) is 17.7 Å². The van der Waals surface area contributed by atoms with Gasteiger partial charge in [-0.3, -0.25) is 14.4 Å². The number of hydrogen-bond acceptors (Lipinski definition) is 5.